The van der Waals surface area contributed by atoms with Crippen molar-refractivity contribution in [3.8, 4) is 11.6 Å². The number of aromatic nitrogens is 3. The van der Waals surface area contributed by atoms with Gasteiger partial charge in [-0.15, -0.1) is 0 Å². The Balaban J connectivity index is 1.48. The SMILES string of the molecule is COc1ccc(Sc2ccc(NC(=O)c3cnn(-c4ccccn4)c3C)cc2Cl)cc1. The number of ether oxygens (including phenoxy) is 1. The zero-order valence-electron chi connectivity index (χ0n) is 16.9. The van der Waals surface area contributed by atoms with Crippen molar-refractivity contribution < 1.29 is 9.53 Å². The van der Waals surface area contributed by atoms with E-state index in [9.17, 15) is 4.79 Å². The molecule has 2 aromatic carbocycles. The van der Waals surface area contributed by atoms with Crippen LogP contribution in [0.25, 0.3) is 5.82 Å². The van der Waals surface area contributed by atoms with E-state index < -0.39 is 0 Å². The van der Waals surface area contributed by atoms with Crippen molar-refractivity contribution in [2.45, 2.75) is 16.7 Å². The minimum absolute atomic E-state index is 0.258. The van der Waals surface area contributed by atoms with Crippen molar-refractivity contribution in [2.75, 3.05) is 12.4 Å². The molecule has 0 aliphatic rings. The topological polar surface area (TPSA) is 69.0 Å². The summed E-state index contributed by atoms with van der Waals surface area (Å²) in [5.41, 5.74) is 1.78. The van der Waals surface area contributed by atoms with Gasteiger partial charge in [0.25, 0.3) is 5.91 Å². The molecule has 0 spiro atoms. The zero-order chi connectivity index (χ0) is 21.8. The van der Waals surface area contributed by atoms with Crippen molar-refractivity contribution >= 4 is 35.0 Å². The number of benzene rings is 2. The second kappa shape index (κ2) is 9.24. The van der Waals surface area contributed by atoms with Crippen LogP contribution in [0.2, 0.25) is 5.02 Å². The molecule has 0 fully saturated rings. The lowest BCUT2D eigenvalue weighted by Gasteiger charge is -2.09. The van der Waals surface area contributed by atoms with Gasteiger partial charge in [0.05, 0.1) is 29.6 Å². The number of nitrogens with one attached hydrogen (secondary N) is 1. The van der Waals surface area contributed by atoms with Gasteiger partial charge in [0.15, 0.2) is 5.82 Å². The third-order valence-corrected chi connectivity index (χ3v) is 6.11. The molecule has 0 saturated heterocycles. The first-order valence-corrected chi connectivity index (χ1v) is 10.6. The summed E-state index contributed by atoms with van der Waals surface area (Å²) in [5.74, 6) is 1.20. The smallest absolute Gasteiger partial charge is 0.259 e. The van der Waals surface area contributed by atoms with Gasteiger partial charge in [-0.1, -0.05) is 29.4 Å². The van der Waals surface area contributed by atoms with Crippen LogP contribution in [0.3, 0.4) is 0 Å². The first-order valence-electron chi connectivity index (χ1n) is 9.44. The van der Waals surface area contributed by atoms with Crippen molar-refractivity contribution in [3.63, 3.8) is 0 Å². The fraction of sp³-hybridized carbons (Fsp3) is 0.0870. The maximum absolute atomic E-state index is 12.8. The molecule has 31 heavy (non-hydrogen) atoms. The maximum atomic E-state index is 12.8. The van der Waals surface area contributed by atoms with Crippen molar-refractivity contribution in [2.24, 2.45) is 0 Å². The average Bonchev–Trinajstić information content (AvgIpc) is 3.18. The van der Waals surface area contributed by atoms with Gasteiger partial charge in [0.2, 0.25) is 0 Å². The highest BCUT2D eigenvalue weighted by Crippen LogP contribution is 2.35. The van der Waals surface area contributed by atoms with Gasteiger partial charge in [-0.3, -0.25) is 4.79 Å². The summed E-state index contributed by atoms with van der Waals surface area (Å²) >= 11 is 8.00. The minimum Gasteiger partial charge on any atom is -0.497 e. The molecule has 0 aliphatic carbocycles. The Morgan fingerprint density at radius 1 is 1.13 bits per heavy atom. The van der Waals surface area contributed by atoms with E-state index in [1.807, 2.05) is 61.5 Å². The predicted molar refractivity (Wildman–Crippen MR) is 123 cm³/mol. The molecule has 2 aromatic heterocycles. The molecule has 0 atom stereocenters. The lowest BCUT2D eigenvalue weighted by Crippen LogP contribution is -2.13. The monoisotopic (exact) mass is 450 g/mol. The molecule has 4 aromatic rings. The van der Waals surface area contributed by atoms with Crippen LogP contribution in [0.4, 0.5) is 5.69 Å². The van der Waals surface area contributed by atoms with E-state index in [1.165, 1.54) is 6.20 Å². The summed E-state index contributed by atoms with van der Waals surface area (Å²) < 4.78 is 6.82. The van der Waals surface area contributed by atoms with Gasteiger partial charge >= 0.3 is 0 Å². The fourth-order valence-corrected chi connectivity index (χ4v) is 4.09. The summed E-state index contributed by atoms with van der Waals surface area (Å²) in [6, 6.07) is 18.7. The van der Waals surface area contributed by atoms with Gasteiger partial charge in [-0.05, 0) is 61.5 Å². The highest BCUT2D eigenvalue weighted by atomic mass is 35.5. The molecule has 1 amide bonds. The summed E-state index contributed by atoms with van der Waals surface area (Å²) in [6.45, 7) is 1.83. The highest BCUT2D eigenvalue weighted by molar-refractivity contribution is 7.99. The number of hydrogen-bond donors (Lipinski definition) is 1. The zero-order valence-corrected chi connectivity index (χ0v) is 18.4. The fourth-order valence-electron chi connectivity index (χ4n) is 2.97. The van der Waals surface area contributed by atoms with Gasteiger partial charge in [-0.2, -0.15) is 5.10 Å². The van der Waals surface area contributed by atoms with Crippen LogP contribution in [0.15, 0.2) is 82.8 Å². The molecular weight excluding hydrogens is 432 g/mol. The molecule has 4 rings (SSSR count). The number of amides is 1. The second-order valence-electron chi connectivity index (χ2n) is 6.62. The normalized spacial score (nSPS) is 10.7. The number of rotatable bonds is 6. The second-order valence-corrected chi connectivity index (χ2v) is 8.14. The summed E-state index contributed by atoms with van der Waals surface area (Å²) in [4.78, 5) is 19.0. The number of carbonyl (C=O) groups is 1. The molecule has 0 bridgehead atoms. The Morgan fingerprint density at radius 2 is 1.94 bits per heavy atom. The lowest BCUT2D eigenvalue weighted by atomic mass is 10.2. The standard InChI is InChI=1S/C23H19ClN4O2S/c1-15-19(14-26-28(15)22-5-3-4-12-25-22)23(29)27-16-6-11-21(20(24)13-16)31-18-9-7-17(30-2)8-10-18/h3-14H,1-2H3,(H,27,29). The van der Waals surface area contributed by atoms with Crippen LogP contribution in [0, 0.1) is 6.92 Å². The number of pyridine rings is 1. The molecule has 0 saturated carbocycles. The Bertz CT molecular complexity index is 1210. The third kappa shape index (κ3) is 4.73. The molecule has 0 aliphatic heterocycles. The van der Waals surface area contributed by atoms with Gasteiger partial charge < -0.3 is 10.1 Å². The van der Waals surface area contributed by atoms with E-state index in [-0.39, 0.29) is 5.91 Å². The van der Waals surface area contributed by atoms with Crippen molar-refractivity contribution in [1.82, 2.24) is 14.8 Å². The molecule has 156 valence electrons. The molecule has 0 unspecified atom stereocenters. The number of halogens is 1. The molecule has 0 radical (unpaired) electrons. The number of carbonyl (C=O) groups excluding carboxylic acids is 1. The minimum atomic E-state index is -0.258. The average molecular weight is 451 g/mol. The summed E-state index contributed by atoms with van der Waals surface area (Å²) in [6.07, 6.45) is 3.22. The third-order valence-electron chi connectivity index (χ3n) is 4.60. The Hall–Kier alpha value is -3.29. The maximum Gasteiger partial charge on any atom is 0.259 e. The Morgan fingerprint density at radius 3 is 2.61 bits per heavy atom. The molecule has 8 heteroatoms. The van der Waals surface area contributed by atoms with E-state index in [4.69, 9.17) is 16.3 Å². The number of anilines is 1. The summed E-state index contributed by atoms with van der Waals surface area (Å²) in [7, 11) is 1.64. The molecule has 6 nitrogen and oxygen atoms in total. The Kier molecular flexibility index (Phi) is 6.25. The van der Waals surface area contributed by atoms with Crippen molar-refractivity contribution in [1.29, 1.82) is 0 Å². The van der Waals surface area contributed by atoms with Crippen LogP contribution in [0.1, 0.15) is 16.1 Å². The van der Waals surface area contributed by atoms with Crippen LogP contribution in [-0.4, -0.2) is 27.8 Å². The largest absolute Gasteiger partial charge is 0.497 e. The Labute approximate surface area is 189 Å². The van der Waals surface area contributed by atoms with Gasteiger partial charge in [0, 0.05) is 21.7 Å². The number of methoxy groups -OCH3 is 1. The van der Waals surface area contributed by atoms with Crippen molar-refractivity contribution in [3.05, 3.63) is 89.3 Å². The number of hydrogen-bond acceptors (Lipinski definition) is 5. The van der Waals surface area contributed by atoms with E-state index in [0.717, 1.165) is 15.5 Å². The molecular formula is C23H19ClN4O2S. The van der Waals surface area contributed by atoms with Crippen LogP contribution < -0.4 is 10.1 Å². The quantitative estimate of drug-likeness (QED) is 0.411. The van der Waals surface area contributed by atoms with Crippen LogP contribution in [-0.2, 0) is 0 Å². The van der Waals surface area contributed by atoms with Gasteiger partial charge in [0.1, 0.15) is 5.75 Å². The van der Waals surface area contributed by atoms with E-state index >= 15 is 0 Å². The van der Waals surface area contributed by atoms with E-state index in [2.05, 4.69) is 15.4 Å². The number of nitrogens with zero attached hydrogens (tertiary/aromatic N) is 3. The predicted octanol–water partition coefficient (Wildman–Crippen LogP) is 5.64. The van der Waals surface area contributed by atoms with E-state index in [0.29, 0.717) is 27.8 Å². The first-order chi connectivity index (χ1) is 15.0. The molecule has 1 N–H and O–H groups in total. The van der Waals surface area contributed by atoms with Gasteiger partial charge in [-0.25, -0.2) is 9.67 Å². The summed E-state index contributed by atoms with van der Waals surface area (Å²) in [5, 5.41) is 7.74. The first kappa shape index (κ1) is 21.0. The highest BCUT2D eigenvalue weighted by Gasteiger charge is 2.16. The lowest BCUT2D eigenvalue weighted by molar-refractivity contribution is 0.102. The van der Waals surface area contributed by atoms with E-state index in [1.54, 1.807) is 35.8 Å². The van der Waals surface area contributed by atoms with Crippen LogP contribution in [0.5, 0.6) is 5.75 Å². The van der Waals surface area contributed by atoms with Crippen LogP contribution >= 0.6 is 23.4 Å². The molecule has 2 heterocycles.